The van der Waals surface area contributed by atoms with Gasteiger partial charge in [0.15, 0.2) is 0 Å². The van der Waals surface area contributed by atoms with E-state index in [2.05, 4.69) is 17.5 Å². The van der Waals surface area contributed by atoms with E-state index < -0.39 is 5.60 Å². The molecule has 4 nitrogen and oxygen atoms in total. The number of carbonyl (C=O) groups is 1. The number of hydrogen-bond acceptors (Lipinski definition) is 3. The number of fused-ring (bicyclic) bond motifs is 1. The number of hydrogen-bond donors (Lipinski definition) is 1. The number of rotatable bonds is 1. The third-order valence-corrected chi connectivity index (χ3v) is 3.98. The Kier molecular flexibility index (Phi) is 3.96. The molecule has 1 saturated heterocycles. The molecule has 1 amide bonds. The smallest absolute Gasteiger partial charge is 0.415 e. The van der Waals surface area contributed by atoms with Crippen molar-refractivity contribution in [2.75, 3.05) is 18.0 Å². The van der Waals surface area contributed by atoms with Crippen LogP contribution in [-0.2, 0) is 4.74 Å². The Bertz CT molecular complexity index is 595. The number of benzene rings is 1. The van der Waals surface area contributed by atoms with Crippen molar-refractivity contribution in [1.29, 1.82) is 0 Å². The van der Waals surface area contributed by atoms with E-state index in [1.165, 1.54) is 12.0 Å². The standard InChI is InChI=1S/C18H24N2O2/c1-18(2,3)22-17(21)20-12-13(11-14-7-6-10-19-14)15-8-4-5-9-16(15)20/h4-5,8-9,11,14,19H,6-7,10,12H2,1-3H3/b13-11-. The maximum absolute atomic E-state index is 12.5. The van der Waals surface area contributed by atoms with Crippen molar-refractivity contribution >= 4 is 17.4 Å². The van der Waals surface area contributed by atoms with E-state index in [-0.39, 0.29) is 6.09 Å². The summed E-state index contributed by atoms with van der Waals surface area (Å²) in [5.74, 6) is 0. The number of para-hydroxylation sites is 1. The highest BCUT2D eigenvalue weighted by Crippen LogP contribution is 2.36. The van der Waals surface area contributed by atoms with Gasteiger partial charge in [0.25, 0.3) is 0 Å². The molecule has 1 N–H and O–H groups in total. The Morgan fingerprint density at radius 1 is 1.36 bits per heavy atom. The fourth-order valence-corrected chi connectivity index (χ4v) is 3.04. The fraction of sp³-hybridized carbons (Fsp3) is 0.500. The zero-order valence-electron chi connectivity index (χ0n) is 13.6. The summed E-state index contributed by atoms with van der Waals surface area (Å²) in [5.41, 5.74) is 2.81. The molecule has 2 aliphatic heterocycles. The molecule has 1 unspecified atom stereocenters. The van der Waals surface area contributed by atoms with Gasteiger partial charge in [-0.3, -0.25) is 4.90 Å². The van der Waals surface area contributed by atoms with Crippen LogP contribution in [-0.4, -0.2) is 30.8 Å². The van der Waals surface area contributed by atoms with Crippen LogP contribution in [0.2, 0.25) is 0 Å². The second-order valence-corrected chi connectivity index (χ2v) is 6.98. The summed E-state index contributed by atoms with van der Waals surface area (Å²) in [4.78, 5) is 14.2. The SMILES string of the molecule is CC(C)(C)OC(=O)N1C/C(=C/C2CCCN2)c2ccccc21. The predicted octanol–water partition coefficient (Wildman–Crippen LogP) is 3.58. The van der Waals surface area contributed by atoms with Crippen molar-refractivity contribution in [3.05, 3.63) is 35.9 Å². The van der Waals surface area contributed by atoms with E-state index in [0.29, 0.717) is 12.6 Å². The predicted molar refractivity (Wildman–Crippen MR) is 89.0 cm³/mol. The van der Waals surface area contributed by atoms with Crippen LogP contribution in [0.5, 0.6) is 0 Å². The van der Waals surface area contributed by atoms with Gasteiger partial charge in [0, 0.05) is 11.6 Å². The quantitative estimate of drug-likeness (QED) is 0.862. The molecule has 0 radical (unpaired) electrons. The number of ether oxygens (including phenoxy) is 1. The van der Waals surface area contributed by atoms with Crippen molar-refractivity contribution in [2.45, 2.75) is 45.3 Å². The lowest BCUT2D eigenvalue weighted by atomic mass is 10.0. The molecule has 1 aromatic rings. The van der Waals surface area contributed by atoms with Crippen LogP contribution in [0.3, 0.4) is 0 Å². The van der Waals surface area contributed by atoms with Gasteiger partial charge in [-0.05, 0) is 51.8 Å². The molecular formula is C18H24N2O2. The molecule has 0 saturated carbocycles. The van der Waals surface area contributed by atoms with Crippen LogP contribution in [0.15, 0.2) is 30.3 Å². The van der Waals surface area contributed by atoms with Crippen molar-refractivity contribution in [3.63, 3.8) is 0 Å². The van der Waals surface area contributed by atoms with E-state index in [4.69, 9.17) is 4.74 Å². The van der Waals surface area contributed by atoms with Crippen LogP contribution >= 0.6 is 0 Å². The minimum atomic E-state index is -0.481. The third-order valence-electron chi connectivity index (χ3n) is 3.98. The summed E-state index contributed by atoms with van der Waals surface area (Å²) < 4.78 is 5.54. The Balaban J connectivity index is 1.87. The van der Waals surface area contributed by atoms with Gasteiger partial charge >= 0.3 is 6.09 Å². The molecule has 1 atom stereocenters. The highest BCUT2D eigenvalue weighted by atomic mass is 16.6. The molecule has 0 aromatic heterocycles. The van der Waals surface area contributed by atoms with E-state index >= 15 is 0 Å². The zero-order chi connectivity index (χ0) is 15.7. The highest BCUT2D eigenvalue weighted by Gasteiger charge is 2.31. The van der Waals surface area contributed by atoms with Gasteiger partial charge in [0.1, 0.15) is 5.60 Å². The third kappa shape index (κ3) is 3.17. The average molecular weight is 300 g/mol. The average Bonchev–Trinajstić information content (AvgIpc) is 3.06. The molecule has 1 fully saturated rings. The summed E-state index contributed by atoms with van der Waals surface area (Å²) in [7, 11) is 0. The van der Waals surface area contributed by atoms with Gasteiger partial charge in [0.05, 0.1) is 12.2 Å². The number of carbonyl (C=O) groups excluding carboxylic acids is 1. The van der Waals surface area contributed by atoms with Gasteiger partial charge < -0.3 is 10.1 Å². The fourth-order valence-electron chi connectivity index (χ4n) is 3.04. The summed E-state index contributed by atoms with van der Waals surface area (Å²) in [6, 6.07) is 8.48. The van der Waals surface area contributed by atoms with E-state index in [0.717, 1.165) is 24.2 Å². The van der Waals surface area contributed by atoms with E-state index in [9.17, 15) is 4.79 Å². The van der Waals surface area contributed by atoms with Gasteiger partial charge in [-0.2, -0.15) is 0 Å². The van der Waals surface area contributed by atoms with Crippen LogP contribution in [0.25, 0.3) is 5.57 Å². The van der Waals surface area contributed by atoms with Gasteiger partial charge in [-0.25, -0.2) is 4.79 Å². The molecule has 4 heteroatoms. The maximum atomic E-state index is 12.5. The van der Waals surface area contributed by atoms with Crippen LogP contribution < -0.4 is 10.2 Å². The maximum Gasteiger partial charge on any atom is 0.415 e. The normalized spacial score (nSPS) is 23.0. The first kappa shape index (κ1) is 15.1. The van der Waals surface area contributed by atoms with Gasteiger partial charge in [-0.1, -0.05) is 24.3 Å². The largest absolute Gasteiger partial charge is 0.443 e. The zero-order valence-corrected chi connectivity index (χ0v) is 13.6. The first-order chi connectivity index (χ1) is 10.4. The first-order valence-corrected chi connectivity index (χ1v) is 7.98. The molecule has 2 aliphatic rings. The summed E-state index contributed by atoms with van der Waals surface area (Å²) >= 11 is 0. The lowest BCUT2D eigenvalue weighted by Crippen LogP contribution is -2.35. The van der Waals surface area contributed by atoms with Gasteiger partial charge in [-0.15, -0.1) is 0 Å². The minimum absolute atomic E-state index is 0.275. The highest BCUT2D eigenvalue weighted by molar-refractivity contribution is 6.00. The molecular weight excluding hydrogens is 276 g/mol. The molecule has 3 rings (SSSR count). The van der Waals surface area contributed by atoms with Gasteiger partial charge in [0.2, 0.25) is 0 Å². The second kappa shape index (κ2) is 5.76. The number of amides is 1. The van der Waals surface area contributed by atoms with E-state index in [1.54, 1.807) is 4.90 Å². The Hall–Kier alpha value is -1.81. The molecule has 1 aromatic carbocycles. The molecule has 118 valence electrons. The first-order valence-electron chi connectivity index (χ1n) is 7.98. The molecule has 22 heavy (non-hydrogen) atoms. The van der Waals surface area contributed by atoms with E-state index in [1.807, 2.05) is 39.0 Å². The van der Waals surface area contributed by atoms with Crippen molar-refractivity contribution in [2.24, 2.45) is 0 Å². The van der Waals surface area contributed by atoms with Crippen molar-refractivity contribution in [1.82, 2.24) is 5.32 Å². The van der Waals surface area contributed by atoms with Crippen LogP contribution in [0.1, 0.15) is 39.2 Å². The molecule has 0 aliphatic carbocycles. The van der Waals surface area contributed by atoms with Crippen molar-refractivity contribution in [3.8, 4) is 0 Å². The lowest BCUT2D eigenvalue weighted by molar-refractivity contribution is 0.0586. The minimum Gasteiger partial charge on any atom is -0.443 e. The van der Waals surface area contributed by atoms with Crippen LogP contribution in [0.4, 0.5) is 10.5 Å². The van der Waals surface area contributed by atoms with Crippen molar-refractivity contribution < 1.29 is 9.53 Å². The second-order valence-electron chi connectivity index (χ2n) is 6.98. The monoisotopic (exact) mass is 300 g/mol. The molecule has 0 spiro atoms. The Labute approximate surface area is 132 Å². The number of anilines is 1. The Morgan fingerprint density at radius 2 is 2.14 bits per heavy atom. The molecule has 2 heterocycles. The summed E-state index contributed by atoms with van der Waals surface area (Å²) in [6.45, 7) is 7.35. The number of nitrogens with one attached hydrogen (secondary N) is 1. The number of nitrogens with zero attached hydrogens (tertiary/aromatic N) is 1. The lowest BCUT2D eigenvalue weighted by Gasteiger charge is -2.24. The summed E-state index contributed by atoms with van der Waals surface area (Å²) in [6.07, 6.45) is 4.38. The Morgan fingerprint density at radius 3 is 2.82 bits per heavy atom. The summed E-state index contributed by atoms with van der Waals surface area (Å²) in [5, 5.41) is 3.49. The topological polar surface area (TPSA) is 41.6 Å². The van der Waals surface area contributed by atoms with Crippen LogP contribution in [0, 0.1) is 0 Å². The molecule has 0 bridgehead atoms.